The number of rotatable bonds is 1. The van der Waals surface area contributed by atoms with E-state index in [1.165, 1.54) is 18.7 Å². The minimum absolute atomic E-state index is 0.0881. The average Bonchev–Trinajstić information content (AvgIpc) is 2.73. The summed E-state index contributed by atoms with van der Waals surface area (Å²) in [6.45, 7) is 3.71. The Kier molecular flexibility index (Phi) is 2.58. The molecule has 2 aromatic rings. The smallest absolute Gasteiger partial charge is 0.307 e. The van der Waals surface area contributed by atoms with Gasteiger partial charge in [-0.2, -0.15) is 5.26 Å². The van der Waals surface area contributed by atoms with Crippen LogP contribution in [-0.4, -0.2) is 18.7 Å². The van der Waals surface area contributed by atoms with Gasteiger partial charge in [-0.1, -0.05) is 0 Å². The first-order valence-electron chi connectivity index (χ1n) is 5.48. The van der Waals surface area contributed by atoms with Crippen molar-refractivity contribution in [2.45, 2.75) is 19.9 Å². The molecule has 0 saturated heterocycles. The SMILES string of the molecule is CC(C)n1c(C#N)nc2c1c(=O)n(C)c(=O)n2C. The van der Waals surface area contributed by atoms with Crippen LogP contribution in [0.2, 0.25) is 0 Å². The Morgan fingerprint density at radius 3 is 2.33 bits per heavy atom. The number of hydrogen-bond donors (Lipinski definition) is 0. The summed E-state index contributed by atoms with van der Waals surface area (Å²) in [7, 11) is 2.94. The standard InChI is InChI=1S/C11H13N5O2/c1-6(2)16-7(5-12)13-9-8(16)10(17)15(4)11(18)14(9)3/h6H,1-4H3. The predicted octanol–water partition coefficient (Wildman–Crippen LogP) is -0.114. The molecule has 7 heteroatoms. The van der Waals surface area contributed by atoms with Crippen LogP contribution in [0, 0.1) is 11.3 Å². The van der Waals surface area contributed by atoms with Gasteiger partial charge >= 0.3 is 5.69 Å². The maximum atomic E-state index is 12.1. The fourth-order valence-electron chi connectivity index (χ4n) is 2.00. The molecular weight excluding hydrogens is 234 g/mol. The van der Waals surface area contributed by atoms with Crippen LogP contribution in [0.3, 0.4) is 0 Å². The van der Waals surface area contributed by atoms with Crippen LogP contribution in [0.5, 0.6) is 0 Å². The molecule has 0 fully saturated rings. The van der Waals surface area contributed by atoms with Gasteiger partial charge in [-0.3, -0.25) is 13.9 Å². The number of aryl methyl sites for hydroxylation is 1. The lowest BCUT2D eigenvalue weighted by molar-refractivity contribution is 0.603. The first-order chi connectivity index (χ1) is 8.40. The number of hydrogen-bond acceptors (Lipinski definition) is 4. The van der Waals surface area contributed by atoms with Crippen molar-refractivity contribution in [1.29, 1.82) is 5.26 Å². The number of imidazole rings is 1. The van der Waals surface area contributed by atoms with Crippen LogP contribution in [0.4, 0.5) is 0 Å². The van der Waals surface area contributed by atoms with Gasteiger partial charge in [-0.25, -0.2) is 9.78 Å². The van der Waals surface area contributed by atoms with E-state index in [1.807, 2.05) is 19.9 Å². The van der Waals surface area contributed by atoms with Crippen molar-refractivity contribution in [2.75, 3.05) is 0 Å². The second kappa shape index (κ2) is 3.84. The van der Waals surface area contributed by atoms with E-state index in [0.717, 1.165) is 4.57 Å². The molecule has 2 aromatic heterocycles. The predicted molar refractivity (Wildman–Crippen MR) is 65.3 cm³/mol. The molecule has 0 unspecified atom stereocenters. The molecule has 0 bridgehead atoms. The highest BCUT2D eigenvalue weighted by atomic mass is 16.2. The Bertz CT molecular complexity index is 785. The molecule has 0 radical (unpaired) electrons. The van der Waals surface area contributed by atoms with E-state index in [4.69, 9.17) is 5.26 Å². The van der Waals surface area contributed by atoms with Gasteiger partial charge in [0.1, 0.15) is 6.07 Å². The second-order valence-corrected chi connectivity index (χ2v) is 4.39. The maximum absolute atomic E-state index is 12.1. The zero-order chi connectivity index (χ0) is 13.6. The van der Waals surface area contributed by atoms with Crippen LogP contribution >= 0.6 is 0 Å². The molecule has 0 saturated carbocycles. The van der Waals surface area contributed by atoms with E-state index in [-0.39, 0.29) is 23.0 Å². The quantitative estimate of drug-likeness (QED) is 0.703. The fourth-order valence-corrected chi connectivity index (χ4v) is 2.00. The van der Waals surface area contributed by atoms with E-state index in [0.29, 0.717) is 0 Å². The molecule has 0 spiro atoms. The number of aromatic nitrogens is 4. The molecule has 0 N–H and O–H groups in total. The zero-order valence-corrected chi connectivity index (χ0v) is 10.6. The minimum atomic E-state index is -0.453. The highest BCUT2D eigenvalue weighted by Gasteiger charge is 2.20. The molecule has 0 aliphatic heterocycles. The van der Waals surface area contributed by atoms with Crippen LogP contribution < -0.4 is 11.2 Å². The van der Waals surface area contributed by atoms with Crippen molar-refractivity contribution in [2.24, 2.45) is 14.1 Å². The summed E-state index contributed by atoms with van der Waals surface area (Å²) in [6, 6.07) is 1.86. The lowest BCUT2D eigenvalue weighted by atomic mass is 10.3. The maximum Gasteiger partial charge on any atom is 0.332 e. The Balaban J connectivity index is 3.17. The Hall–Kier alpha value is -2.36. The van der Waals surface area contributed by atoms with Crippen molar-refractivity contribution in [1.82, 2.24) is 18.7 Å². The molecule has 18 heavy (non-hydrogen) atoms. The van der Waals surface area contributed by atoms with Crippen LogP contribution in [0.15, 0.2) is 9.59 Å². The van der Waals surface area contributed by atoms with Crippen molar-refractivity contribution in [3.63, 3.8) is 0 Å². The summed E-state index contributed by atoms with van der Waals surface area (Å²) in [6.07, 6.45) is 0. The van der Waals surface area contributed by atoms with E-state index in [1.54, 1.807) is 4.57 Å². The van der Waals surface area contributed by atoms with Gasteiger partial charge in [0.05, 0.1) is 0 Å². The molecule has 2 rings (SSSR count). The number of nitrogens with zero attached hydrogens (tertiary/aromatic N) is 5. The zero-order valence-electron chi connectivity index (χ0n) is 10.6. The highest BCUT2D eigenvalue weighted by Crippen LogP contribution is 2.16. The molecular formula is C11H13N5O2. The van der Waals surface area contributed by atoms with Gasteiger partial charge in [0.15, 0.2) is 11.2 Å². The number of nitriles is 1. The summed E-state index contributed by atoms with van der Waals surface area (Å²) in [4.78, 5) is 28.0. The van der Waals surface area contributed by atoms with Crippen LogP contribution in [-0.2, 0) is 14.1 Å². The second-order valence-electron chi connectivity index (χ2n) is 4.39. The van der Waals surface area contributed by atoms with Crippen molar-refractivity contribution in [3.8, 4) is 6.07 Å². The molecule has 0 aliphatic rings. The first kappa shape index (κ1) is 12.1. The normalized spacial score (nSPS) is 11.1. The van der Waals surface area contributed by atoms with Crippen molar-refractivity contribution >= 4 is 11.2 Å². The Morgan fingerprint density at radius 2 is 1.83 bits per heavy atom. The summed E-state index contributed by atoms with van der Waals surface area (Å²) in [5, 5.41) is 9.06. The Labute approximate surface area is 103 Å². The van der Waals surface area contributed by atoms with Gasteiger partial charge in [0.25, 0.3) is 5.56 Å². The van der Waals surface area contributed by atoms with Crippen LogP contribution in [0.25, 0.3) is 11.2 Å². The summed E-state index contributed by atoms with van der Waals surface area (Å²) in [5.41, 5.74) is -0.360. The van der Waals surface area contributed by atoms with E-state index in [9.17, 15) is 9.59 Å². The largest absolute Gasteiger partial charge is 0.332 e. The highest BCUT2D eigenvalue weighted by molar-refractivity contribution is 5.72. The van der Waals surface area contributed by atoms with Gasteiger partial charge in [-0.15, -0.1) is 0 Å². The average molecular weight is 247 g/mol. The van der Waals surface area contributed by atoms with E-state index in [2.05, 4.69) is 4.98 Å². The van der Waals surface area contributed by atoms with Gasteiger partial charge < -0.3 is 4.57 Å². The number of fused-ring (bicyclic) bond motifs is 1. The lowest BCUT2D eigenvalue weighted by Gasteiger charge is -2.09. The van der Waals surface area contributed by atoms with Gasteiger partial charge in [-0.05, 0) is 13.8 Å². The van der Waals surface area contributed by atoms with E-state index >= 15 is 0 Å². The van der Waals surface area contributed by atoms with Gasteiger partial charge in [0, 0.05) is 20.1 Å². The molecule has 0 amide bonds. The van der Waals surface area contributed by atoms with Crippen LogP contribution in [0.1, 0.15) is 25.7 Å². The molecule has 2 heterocycles. The summed E-state index contributed by atoms with van der Waals surface area (Å²) in [5.74, 6) is 0.137. The molecule has 94 valence electrons. The third kappa shape index (κ3) is 1.39. The molecule has 7 nitrogen and oxygen atoms in total. The fraction of sp³-hybridized carbons (Fsp3) is 0.455. The van der Waals surface area contributed by atoms with Gasteiger partial charge in [0.2, 0.25) is 5.82 Å². The monoisotopic (exact) mass is 247 g/mol. The third-order valence-corrected chi connectivity index (χ3v) is 2.91. The van der Waals surface area contributed by atoms with E-state index < -0.39 is 11.2 Å². The minimum Gasteiger partial charge on any atom is -0.307 e. The Morgan fingerprint density at radius 1 is 1.22 bits per heavy atom. The molecule has 0 atom stereocenters. The topological polar surface area (TPSA) is 85.6 Å². The molecule has 0 aromatic carbocycles. The first-order valence-corrected chi connectivity index (χ1v) is 5.48. The summed E-state index contributed by atoms with van der Waals surface area (Å²) >= 11 is 0. The third-order valence-electron chi connectivity index (χ3n) is 2.91. The molecule has 0 aliphatic carbocycles. The lowest BCUT2D eigenvalue weighted by Crippen LogP contribution is -2.37. The van der Waals surface area contributed by atoms with Crippen molar-refractivity contribution in [3.05, 3.63) is 26.7 Å². The van der Waals surface area contributed by atoms with Crippen molar-refractivity contribution < 1.29 is 0 Å². The summed E-state index contributed by atoms with van der Waals surface area (Å²) < 4.78 is 3.84.